The van der Waals surface area contributed by atoms with Crippen LogP contribution >= 0.6 is 0 Å². The quantitative estimate of drug-likeness (QED) is 0.548. The number of carbonyl (C=O) groups excluding carboxylic acids is 2. The SMILES string of the molecule is Cc1noc(C)c1CNC(=O)N[C@H](CCC(N)=O)C(=O)O. The van der Waals surface area contributed by atoms with Crippen molar-refractivity contribution in [2.75, 3.05) is 0 Å². The van der Waals surface area contributed by atoms with Crippen LogP contribution in [0.25, 0.3) is 0 Å². The maximum atomic E-state index is 11.7. The van der Waals surface area contributed by atoms with Crippen molar-refractivity contribution in [2.24, 2.45) is 5.73 Å². The van der Waals surface area contributed by atoms with Gasteiger partial charge >= 0.3 is 12.0 Å². The minimum absolute atomic E-state index is 0.0661. The molecule has 0 saturated heterocycles. The number of aromatic nitrogens is 1. The highest BCUT2D eigenvalue weighted by Gasteiger charge is 2.20. The fourth-order valence-electron chi connectivity index (χ4n) is 1.68. The molecular formula is C12H18N4O5. The Bertz CT molecular complexity index is 520. The van der Waals surface area contributed by atoms with E-state index in [1.807, 2.05) is 0 Å². The lowest BCUT2D eigenvalue weighted by molar-refractivity contribution is -0.139. The average molecular weight is 298 g/mol. The van der Waals surface area contributed by atoms with Gasteiger partial charge in [-0.25, -0.2) is 9.59 Å². The zero-order valence-electron chi connectivity index (χ0n) is 11.8. The maximum absolute atomic E-state index is 11.7. The van der Waals surface area contributed by atoms with Crippen LogP contribution in [-0.2, 0) is 16.1 Å². The van der Waals surface area contributed by atoms with E-state index in [-0.39, 0.29) is 19.4 Å². The van der Waals surface area contributed by atoms with Gasteiger partial charge in [0.25, 0.3) is 0 Å². The number of aryl methyl sites for hydroxylation is 2. The minimum Gasteiger partial charge on any atom is -0.480 e. The zero-order chi connectivity index (χ0) is 16.0. The second-order valence-corrected chi connectivity index (χ2v) is 4.53. The summed E-state index contributed by atoms with van der Waals surface area (Å²) in [6.07, 6.45) is -0.190. The van der Waals surface area contributed by atoms with Crippen LogP contribution in [0.4, 0.5) is 4.79 Å². The first-order chi connectivity index (χ1) is 9.81. The molecule has 3 amide bonds. The van der Waals surface area contributed by atoms with Crippen LogP contribution < -0.4 is 16.4 Å². The van der Waals surface area contributed by atoms with Crippen LogP contribution in [0.15, 0.2) is 4.52 Å². The molecular weight excluding hydrogens is 280 g/mol. The predicted octanol–water partition coefficient (Wildman–Crippen LogP) is -0.191. The summed E-state index contributed by atoms with van der Waals surface area (Å²) in [6.45, 7) is 3.61. The Hall–Kier alpha value is -2.58. The van der Waals surface area contributed by atoms with E-state index >= 15 is 0 Å². The molecule has 1 atom stereocenters. The Morgan fingerprint density at radius 2 is 2.05 bits per heavy atom. The van der Waals surface area contributed by atoms with Crippen molar-refractivity contribution >= 4 is 17.9 Å². The fraction of sp³-hybridized carbons (Fsp3) is 0.500. The number of amides is 3. The molecule has 0 bridgehead atoms. The maximum Gasteiger partial charge on any atom is 0.326 e. The summed E-state index contributed by atoms with van der Waals surface area (Å²) in [6, 6.07) is -1.84. The second-order valence-electron chi connectivity index (χ2n) is 4.53. The van der Waals surface area contributed by atoms with Crippen molar-refractivity contribution in [2.45, 2.75) is 39.3 Å². The topological polar surface area (TPSA) is 148 Å². The van der Waals surface area contributed by atoms with E-state index in [1.54, 1.807) is 13.8 Å². The molecule has 9 nitrogen and oxygen atoms in total. The van der Waals surface area contributed by atoms with E-state index in [2.05, 4.69) is 15.8 Å². The standard InChI is InChI=1S/C12H18N4O5/c1-6-8(7(2)21-16-6)5-14-12(20)15-9(11(18)19)3-4-10(13)17/h9H,3-5H2,1-2H3,(H2,13,17)(H,18,19)(H2,14,15,20)/t9-/m1/s1. The molecule has 0 aromatic carbocycles. The molecule has 1 aromatic rings. The number of carboxylic acids is 1. The Morgan fingerprint density at radius 1 is 1.38 bits per heavy atom. The summed E-state index contributed by atoms with van der Waals surface area (Å²) in [4.78, 5) is 33.3. The smallest absolute Gasteiger partial charge is 0.326 e. The summed E-state index contributed by atoms with van der Waals surface area (Å²) < 4.78 is 4.94. The van der Waals surface area contributed by atoms with Gasteiger partial charge in [-0.15, -0.1) is 0 Å². The van der Waals surface area contributed by atoms with Gasteiger partial charge in [0.1, 0.15) is 11.8 Å². The first kappa shape index (κ1) is 16.5. The number of nitrogens with two attached hydrogens (primary N) is 1. The average Bonchev–Trinajstić information content (AvgIpc) is 2.71. The number of hydrogen-bond donors (Lipinski definition) is 4. The summed E-state index contributed by atoms with van der Waals surface area (Å²) in [5, 5.41) is 17.5. The van der Waals surface area contributed by atoms with Gasteiger partial charge in [-0.05, 0) is 20.3 Å². The van der Waals surface area contributed by atoms with Crippen molar-refractivity contribution in [1.29, 1.82) is 0 Å². The van der Waals surface area contributed by atoms with E-state index in [9.17, 15) is 14.4 Å². The van der Waals surface area contributed by atoms with Gasteiger partial charge in [0.2, 0.25) is 5.91 Å². The van der Waals surface area contributed by atoms with E-state index in [0.29, 0.717) is 11.5 Å². The highest BCUT2D eigenvalue weighted by atomic mass is 16.5. The number of urea groups is 1. The summed E-state index contributed by atoms with van der Waals surface area (Å²) in [5.74, 6) is -1.28. The van der Waals surface area contributed by atoms with E-state index in [4.69, 9.17) is 15.4 Å². The normalized spacial score (nSPS) is 11.7. The zero-order valence-corrected chi connectivity index (χ0v) is 11.8. The molecule has 1 aromatic heterocycles. The number of nitrogens with one attached hydrogen (secondary N) is 2. The van der Waals surface area contributed by atoms with Crippen molar-refractivity contribution in [3.8, 4) is 0 Å². The third-order valence-corrected chi connectivity index (χ3v) is 2.89. The lowest BCUT2D eigenvalue weighted by Gasteiger charge is -2.14. The highest BCUT2D eigenvalue weighted by molar-refractivity contribution is 5.83. The molecule has 0 spiro atoms. The van der Waals surface area contributed by atoms with Gasteiger partial charge in [0.05, 0.1) is 5.69 Å². The van der Waals surface area contributed by atoms with E-state index < -0.39 is 23.9 Å². The van der Waals surface area contributed by atoms with Crippen molar-refractivity contribution in [3.05, 3.63) is 17.0 Å². The van der Waals surface area contributed by atoms with Crippen molar-refractivity contribution in [1.82, 2.24) is 15.8 Å². The third-order valence-electron chi connectivity index (χ3n) is 2.89. The van der Waals surface area contributed by atoms with Gasteiger partial charge in [0.15, 0.2) is 0 Å². The van der Waals surface area contributed by atoms with Crippen molar-refractivity contribution in [3.63, 3.8) is 0 Å². The van der Waals surface area contributed by atoms with E-state index in [1.165, 1.54) is 0 Å². The molecule has 0 aliphatic carbocycles. The Kier molecular flexibility index (Phi) is 5.70. The lowest BCUT2D eigenvalue weighted by Crippen LogP contribution is -2.46. The summed E-state index contributed by atoms with van der Waals surface area (Å²) >= 11 is 0. The van der Waals surface area contributed by atoms with Crippen LogP contribution in [0, 0.1) is 13.8 Å². The first-order valence-corrected chi connectivity index (χ1v) is 6.28. The number of aliphatic carboxylic acids is 1. The molecule has 1 rings (SSSR count). The number of nitrogens with zero attached hydrogens (tertiary/aromatic N) is 1. The highest BCUT2D eigenvalue weighted by Crippen LogP contribution is 2.11. The number of rotatable bonds is 7. The first-order valence-electron chi connectivity index (χ1n) is 6.28. The summed E-state index contributed by atoms with van der Waals surface area (Å²) in [7, 11) is 0. The Labute approximate surface area is 120 Å². The molecule has 116 valence electrons. The van der Waals surface area contributed by atoms with Gasteiger partial charge in [0, 0.05) is 18.5 Å². The molecule has 1 heterocycles. The molecule has 0 radical (unpaired) electrons. The monoisotopic (exact) mass is 298 g/mol. The van der Waals surface area contributed by atoms with Gasteiger partial charge < -0.3 is 26.0 Å². The van der Waals surface area contributed by atoms with Crippen LogP contribution in [0.5, 0.6) is 0 Å². The van der Waals surface area contributed by atoms with Crippen LogP contribution in [0.1, 0.15) is 29.9 Å². The van der Waals surface area contributed by atoms with Crippen LogP contribution in [0.2, 0.25) is 0 Å². The van der Waals surface area contributed by atoms with Gasteiger partial charge in [-0.2, -0.15) is 0 Å². The molecule has 0 unspecified atom stereocenters. The third kappa shape index (κ3) is 5.13. The Morgan fingerprint density at radius 3 is 2.52 bits per heavy atom. The predicted molar refractivity (Wildman–Crippen MR) is 71.2 cm³/mol. The fourth-order valence-corrected chi connectivity index (χ4v) is 1.68. The van der Waals surface area contributed by atoms with Gasteiger partial charge in [-0.3, -0.25) is 4.79 Å². The molecule has 21 heavy (non-hydrogen) atoms. The molecule has 5 N–H and O–H groups in total. The summed E-state index contributed by atoms with van der Waals surface area (Å²) in [5.41, 5.74) is 6.33. The molecule has 0 saturated carbocycles. The largest absolute Gasteiger partial charge is 0.480 e. The van der Waals surface area contributed by atoms with E-state index in [0.717, 1.165) is 5.56 Å². The van der Waals surface area contributed by atoms with Gasteiger partial charge in [-0.1, -0.05) is 5.16 Å². The minimum atomic E-state index is -1.23. The number of hydrogen-bond acceptors (Lipinski definition) is 5. The van der Waals surface area contributed by atoms with Crippen molar-refractivity contribution < 1.29 is 24.0 Å². The Balaban J connectivity index is 2.50. The molecule has 9 heteroatoms. The number of carbonyl (C=O) groups is 3. The lowest BCUT2D eigenvalue weighted by atomic mass is 10.1. The molecule has 0 fully saturated rings. The number of carboxylic acid groups (broad SMARTS) is 1. The van der Waals surface area contributed by atoms with Crippen LogP contribution in [0.3, 0.4) is 0 Å². The van der Waals surface area contributed by atoms with Crippen LogP contribution in [-0.4, -0.2) is 34.2 Å². The molecule has 0 aliphatic heterocycles. The second kappa shape index (κ2) is 7.27. The number of primary amides is 1. The molecule has 0 aliphatic rings.